The van der Waals surface area contributed by atoms with E-state index in [1.54, 1.807) is 11.3 Å². The van der Waals surface area contributed by atoms with Crippen LogP contribution in [0.3, 0.4) is 0 Å². The van der Waals surface area contributed by atoms with E-state index in [0.29, 0.717) is 5.95 Å². The number of para-hydroxylation sites is 1. The van der Waals surface area contributed by atoms with Gasteiger partial charge in [-0.25, -0.2) is 15.0 Å². The van der Waals surface area contributed by atoms with Gasteiger partial charge in [-0.1, -0.05) is 40.2 Å². The molecular weight excluding hydrogens is 396 g/mol. The number of halogens is 1. The highest BCUT2D eigenvalue weighted by Crippen LogP contribution is 2.29. The van der Waals surface area contributed by atoms with Gasteiger partial charge >= 0.3 is 0 Å². The summed E-state index contributed by atoms with van der Waals surface area (Å²) in [6.07, 6.45) is 4.58. The zero-order valence-corrected chi connectivity index (χ0v) is 15.7. The molecule has 6 heteroatoms. The number of anilines is 1. The van der Waals surface area contributed by atoms with Crippen LogP contribution in [0.1, 0.15) is 5.56 Å². The number of hydrogen-bond acceptors (Lipinski definition) is 5. The fourth-order valence-electron chi connectivity index (χ4n) is 2.50. The zero-order chi connectivity index (χ0) is 17.1. The van der Waals surface area contributed by atoms with Gasteiger partial charge in [0.05, 0.1) is 10.2 Å². The van der Waals surface area contributed by atoms with Crippen molar-refractivity contribution in [2.75, 3.05) is 11.9 Å². The van der Waals surface area contributed by atoms with E-state index >= 15 is 0 Å². The predicted octanol–water partition coefficient (Wildman–Crippen LogP) is 5.17. The molecule has 0 saturated carbocycles. The molecule has 0 unspecified atom stereocenters. The van der Waals surface area contributed by atoms with Gasteiger partial charge in [0.2, 0.25) is 5.95 Å². The molecule has 2 aromatic heterocycles. The Morgan fingerprint density at radius 2 is 1.72 bits per heavy atom. The Kier molecular flexibility index (Phi) is 4.72. The summed E-state index contributed by atoms with van der Waals surface area (Å²) in [5.41, 5.74) is 3.24. The molecule has 25 heavy (non-hydrogen) atoms. The molecule has 0 aliphatic carbocycles. The molecule has 124 valence electrons. The zero-order valence-electron chi connectivity index (χ0n) is 13.3. The maximum Gasteiger partial charge on any atom is 0.222 e. The number of rotatable bonds is 5. The average Bonchev–Trinajstić information content (AvgIpc) is 3.08. The Labute approximate surface area is 158 Å². The van der Waals surface area contributed by atoms with Crippen molar-refractivity contribution in [1.82, 2.24) is 15.0 Å². The van der Waals surface area contributed by atoms with Gasteiger partial charge in [0.15, 0.2) is 0 Å². The summed E-state index contributed by atoms with van der Waals surface area (Å²) in [5.74, 6) is 0.641. The summed E-state index contributed by atoms with van der Waals surface area (Å²) in [6, 6.07) is 16.5. The summed E-state index contributed by atoms with van der Waals surface area (Å²) in [7, 11) is 0. The van der Waals surface area contributed by atoms with E-state index in [1.807, 2.05) is 30.6 Å². The summed E-state index contributed by atoms with van der Waals surface area (Å²) in [6.45, 7) is 0.794. The minimum Gasteiger partial charge on any atom is -0.354 e. The Morgan fingerprint density at radius 3 is 2.48 bits per heavy atom. The van der Waals surface area contributed by atoms with Crippen molar-refractivity contribution >= 4 is 43.4 Å². The highest BCUT2D eigenvalue weighted by molar-refractivity contribution is 9.10. The Balaban J connectivity index is 1.40. The van der Waals surface area contributed by atoms with Gasteiger partial charge in [0.1, 0.15) is 5.01 Å². The molecule has 0 aliphatic rings. The lowest BCUT2D eigenvalue weighted by atomic mass is 10.1. The van der Waals surface area contributed by atoms with Gasteiger partial charge in [-0.3, -0.25) is 0 Å². The van der Waals surface area contributed by atoms with Crippen molar-refractivity contribution in [2.24, 2.45) is 0 Å². The number of fused-ring (bicyclic) bond motifs is 1. The monoisotopic (exact) mass is 410 g/mol. The summed E-state index contributed by atoms with van der Waals surface area (Å²) >= 11 is 5.10. The van der Waals surface area contributed by atoms with E-state index in [1.165, 1.54) is 10.3 Å². The lowest BCUT2D eigenvalue weighted by molar-refractivity contribution is 0.984. The molecular formula is C19H15BrN4S. The first-order valence-corrected chi connectivity index (χ1v) is 9.55. The van der Waals surface area contributed by atoms with Crippen LogP contribution in [0.5, 0.6) is 0 Å². The summed E-state index contributed by atoms with van der Waals surface area (Å²) in [5, 5.41) is 4.21. The average molecular weight is 411 g/mol. The number of aromatic nitrogens is 3. The molecule has 0 bridgehead atoms. The molecule has 1 N–H and O–H groups in total. The van der Waals surface area contributed by atoms with Gasteiger partial charge < -0.3 is 5.32 Å². The SMILES string of the molecule is Brc1ccc(CCNc2ncc(-c3nc4ccccc4s3)cn2)cc1. The lowest BCUT2D eigenvalue weighted by Crippen LogP contribution is -2.07. The van der Waals surface area contributed by atoms with Crippen molar-refractivity contribution < 1.29 is 0 Å². The third-order valence-electron chi connectivity index (χ3n) is 3.80. The quantitative estimate of drug-likeness (QED) is 0.492. The molecule has 4 aromatic rings. The molecule has 0 amide bonds. The van der Waals surface area contributed by atoms with E-state index in [-0.39, 0.29) is 0 Å². The van der Waals surface area contributed by atoms with Crippen LogP contribution in [0.4, 0.5) is 5.95 Å². The first kappa shape index (κ1) is 16.2. The molecule has 0 saturated heterocycles. The second kappa shape index (κ2) is 7.29. The maximum atomic E-state index is 4.64. The fourth-order valence-corrected chi connectivity index (χ4v) is 3.70. The molecule has 0 spiro atoms. The number of thiazole rings is 1. The second-order valence-electron chi connectivity index (χ2n) is 5.59. The van der Waals surface area contributed by atoms with Crippen LogP contribution >= 0.6 is 27.3 Å². The number of nitrogens with one attached hydrogen (secondary N) is 1. The normalized spacial score (nSPS) is 10.9. The van der Waals surface area contributed by atoms with E-state index in [0.717, 1.165) is 33.5 Å². The number of benzene rings is 2. The van der Waals surface area contributed by atoms with Crippen molar-refractivity contribution in [1.29, 1.82) is 0 Å². The third-order valence-corrected chi connectivity index (χ3v) is 5.42. The Morgan fingerprint density at radius 1 is 0.960 bits per heavy atom. The Hall–Kier alpha value is -2.31. The van der Waals surface area contributed by atoms with Crippen LogP contribution in [0, 0.1) is 0 Å². The van der Waals surface area contributed by atoms with Crippen LogP contribution in [0.25, 0.3) is 20.8 Å². The van der Waals surface area contributed by atoms with Gasteiger partial charge in [-0.2, -0.15) is 0 Å². The molecule has 0 atom stereocenters. The van der Waals surface area contributed by atoms with Crippen molar-refractivity contribution in [2.45, 2.75) is 6.42 Å². The van der Waals surface area contributed by atoms with Crippen molar-refractivity contribution in [3.8, 4) is 10.6 Å². The molecule has 0 radical (unpaired) electrons. The van der Waals surface area contributed by atoms with Gasteiger partial charge in [0, 0.05) is 29.0 Å². The second-order valence-corrected chi connectivity index (χ2v) is 7.53. The third kappa shape index (κ3) is 3.86. The smallest absolute Gasteiger partial charge is 0.222 e. The summed E-state index contributed by atoms with van der Waals surface area (Å²) in [4.78, 5) is 13.5. The molecule has 0 aliphatic heterocycles. The molecule has 4 rings (SSSR count). The minimum atomic E-state index is 0.641. The van der Waals surface area contributed by atoms with E-state index in [9.17, 15) is 0 Å². The molecule has 2 aromatic carbocycles. The van der Waals surface area contributed by atoms with Gasteiger partial charge in [-0.15, -0.1) is 11.3 Å². The molecule has 2 heterocycles. The predicted molar refractivity (Wildman–Crippen MR) is 107 cm³/mol. The van der Waals surface area contributed by atoms with Crippen LogP contribution in [0.2, 0.25) is 0 Å². The van der Waals surface area contributed by atoms with Crippen LogP contribution in [-0.4, -0.2) is 21.5 Å². The largest absolute Gasteiger partial charge is 0.354 e. The van der Waals surface area contributed by atoms with Crippen molar-refractivity contribution in [3.05, 3.63) is 71.0 Å². The maximum absolute atomic E-state index is 4.64. The Bertz CT molecular complexity index is 947. The lowest BCUT2D eigenvalue weighted by Gasteiger charge is -2.05. The van der Waals surface area contributed by atoms with Crippen LogP contribution in [0.15, 0.2) is 65.4 Å². The van der Waals surface area contributed by atoms with Crippen LogP contribution < -0.4 is 5.32 Å². The highest BCUT2D eigenvalue weighted by Gasteiger charge is 2.07. The van der Waals surface area contributed by atoms with Crippen molar-refractivity contribution in [3.63, 3.8) is 0 Å². The fraction of sp³-hybridized carbons (Fsp3) is 0.105. The van der Waals surface area contributed by atoms with E-state index in [2.05, 4.69) is 66.5 Å². The topological polar surface area (TPSA) is 50.7 Å². The molecule has 4 nitrogen and oxygen atoms in total. The highest BCUT2D eigenvalue weighted by atomic mass is 79.9. The van der Waals surface area contributed by atoms with Crippen LogP contribution in [-0.2, 0) is 6.42 Å². The number of nitrogens with zero attached hydrogens (tertiary/aromatic N) is 3. The molecule has 0 fully saturated rings. The van der Waals surface area contributed by atoms with Gasteiger partial charge in [-0.05, 0) is 36.2 Å². The van der Waals surface area contributed by atoms with E-state index < -0.39 is 0 Å². The van der Waals surface area contributed by atoms with E-state index in [4.69, 9.17) is 0 Å². The first-order chi connectivity index (χ1) is 12.3. The summed E-state index contributed by atoms with van der Waals surface area (Å²) < 4.78 is 2.27. The first-order valence-electron chi connectivity index (χ1n) is 7.94. The number of hydrogen-bond donors (Lipinski definition) is 1. The van der Waals surface area contributed by atoms with Gasteiger partial charge in [0.25, 0.3) is 0 Å². The standard InChI is InChI=1S/C19H15BrN4S/c20-15-7-5-13(6-8-15)9-10-21-19-22-11-14(12-23-19)18-24-16-3-1-2-4-17(16)25-18/h1-8,11-12H,9-10H2,(H,21,22,23). The minimum absolute atomic E-state index is 0.641.